The summed E-state index contributed by atoms with van der Waals surface area (Å²) in [6, 6.07) is 0. The van der Waals surface area contributed by atoms with E-state index in [0.717, 1.165) is 12.8 Å². The van der Waals surface area contributed by atoms with Gasteiger partial charge in [0.05, 0.1) is 6.20 Å². The molecule has 2 N–H and O–H groups in total. The van der Waals surface area contributed by atoms with E-state index in [1.807, 2.05) is 19.0 Å². The Kier molecular flexibility index (Phi) is 3.82. The Hall–Kier alpha value is -1.21. The van der Waals surface area contributed by atoms with E-state index in [-0.39, 0.29) is 10.7 Å². The summed E-state index contributed by atoms with van der Waals surface area (Å²) in [6.07, 6.45) is 2.99. The van der Waals surface area contributed by atoms with Crippen LogP contribution in [0.4, 0.5) is 5.82 Å². The second-order valence-electron chi connectivity index (χ2n) is 3.86. The third-order valence-electron chi connectivity index (χ3n) is 2.01. The van der Waals surface area contributed by atoms with Gasteiger partial charge >= 0.3 is 0 Å². The molecule has 1 heterocycles. The van der Waals surface area contributed by atoms with Crippen LogP contribution in [0.15, 0.2) is 11.1 Å². The number of nitrogens with zero attached hydrogens (tertiary/aromatic N) is 3. The van der Waals surface area contributed by atoms with Gasteiger partial charge in [0.15, 0.2) is 9.84 Å². The molecule has 0 fully saturated rings. The van der Waals surface area contributed by atoms with Crippen LogP contribution in [-0.4, -0.2) is 50.2 Å². The quantitative estimate of drug-likeness (QED) is 0.773. The second-order valence-corrected chi connectivity index (χ2v) is 5.85. The number of sulfone groups is 1. The lowest BCUT2D eigenvalue weighted by Gasteiger charge is -2.09. The highest BCUT2D eigenvalue weighted by molar-refractivity contribution is 7.90. The Morgan fingerprint density at radius 2 is 2.06 bits per heavy atom. The Morgan fingerprint density at radius 1 is 1.44 bits per heavy atom. The molecule has 0 atom stereocenters. The zero-order valence-corrected chi connectivity index (χ0v) is 10.5. The molecule has 6 nitrogen and oxygen atoms in total. The van der Waals surface area contributed by atoms with Crippen LogP contribution in [0.3, 0.4) is 0 Å². The summed E-state index contributed by atoms with van der Waals surface area (Å²) in [5, 5.41) is 0. The number of hydrogen-bond donors (Lipinski definition) is 1. The topological polar surface area (TPSA) is 89.2 Å². The van der Waals surface area contributed by atoms with E-state index in [4.69, 9.17) is 5.73 Å². The summed E-state index contributed by atoms with van der Waals surface area (Å²) in [5.74, 6) is 0.574. The maximum absolute atomic E-state index is 11.3. The normalized spacial score (nSPS) is 12.0. The van der Waals surface area contributed by atoms with Crippen molar-refractivity contribution in [3.8, 4) is 0 Å². The fraction of sp³-hybridized carbons (Fsp3) is 0.556. The third-order valence-corrected chi connectivity index (χ3v) is 3.13. The van der Waals surface area contributed by atoms with Gasteiger partial charge in [-0.3, -0.25) is 0 Å². The van der Waals surface area contributed by atoms with E-state index < -0.39 is 9.84 Å². The summed E-state index contributed by atoms with van der Waals surface area (Å²) in [7, 11) is 0.535. The number of anilines is 1. The largest absolute Gasteiger partial charge is 0.383 e. The number of nitrogens with two attached hydrogens (primary N) is 1. The molecule has 0 aliphatic heterocycles. The van der Waals surface area contributed by atoms with Crippen molar-refractivity contribution in [2.45, 2.75) is 11.3 Å². The van der Waals surface area contributed by atoms with Gasteiger partial charge in [-0.25, -0.2) is 18.4 Å². The average molecular weight is 244 g/mol. The number of hydrogen-bond acceptors (Lipinski definition) is 6. The maximum atomic E-state index is 11.3. The lowest BCUT2D eigenvalue weighted by molar-refractivity contribution is 0.409. The summed E-state index contributed by atoms with van der Waals surface area (Å²) in [6.45, 7) is 0.789. The zero-order chi connectivity index (χ0) is 12.3. The van der Waals surface area contributed by atoms with Crippen molar-refractivity contribution >= 4 is 15.7 Å². The molecule has 0 amide bonds. The van der Waals surface area contributed by atoms with Gasteiger partial charge in [-0.15, -0.1) is 0 Å². The summed E-state index contributed by atoms with van der Waals surface area (Å²) < 4.78 is 22.5. The Morgan fingerprint density at radius 3 is 2.50 bits per heavy atom. The molecule has 7 heteroatoms. The molecule has 1 rings (SSSR count). The van der Waals surface area contributed by atoms with Gasteiger partial charge in [-0.2, -0.15) is 0 Å². The van der Waals surface area contributed by atoms with Gasteiger partial charge in [0, 0.05) is 19.2 Å². The fourth-order valence-electron chi connectivity index (χ4n) is 1.15. The van der Waals surface area contributed by atoms with Crippen LogP contribution in [0, 0.1) is 0 Å². The van der Waals surface area contributed by atoms with Crippen molar-refractivity contribution in [3.05, 3.63) is 12.0 Å². The monoisotopic (exact) mass is 244 g/mol. The van der Waals surface area contributed by atoms with Crippen molar-refractivity contribution in [1.82, 2.24) is 14.9 Å². The van der Waals surface area contributed by atoms with E-state index in [0.29, 0.717) is 12.2 Å². The lowest BCUT2D eigenvalue weighted by atomic mass is 10.4. The van der Waals surface area contributed by atoms with E-state index >= 15 is 0 Å². The van der Waals surface area contributed by atoms with E-state index in [9.17, 15) is 8.42 Å². The molecule has 0 spiro atoms. The van der Waals surface area contributed by atoms with Crippen LogP contribution in [0.25, 0.3) is 0 Å². The van der Waals surface area contributed by atoms with Gasteiger partial charge in [0.25, 0.3) is 0 Å². The fourth-order valence-corrected chi connectivity index (χ4v) is 1.82. The van der Waals surface area contributed by atoms with Crippen LogP contribution < -0.4 is 5.73 Å². The van der Waals surface area contributed by atoms with Gasteiger partial charge in [-0.1, -0.05) is 0 Å². The van der Waals surface area contributed by atoms with Crippen LogP contribution in [0.2, 0.25) is 0 Å². The van der Waals surface area contributed by atoms with Crippen molar-refractivity contribution in [2.75, 3.05) is 32.6 Å². The van der Waals surface area contributed by atoms with Gasteiger partial charge in [-0.05, 0) is 14.1 Å². The number of aromatic nitrogens is 2. The smallest absolute Gasteiger partial charge is 0.180 e. The molecule has 0 unspecified atom stereocenters. The molecule has 0 aliphatic carbocycles. The van der Waals surface area contributed by atoms with Crippen molar-refractivity contribution in [1.29, 1.82) is 0 Å². The van der Waals surface area contributed by atoms with Gasteiger partial charge in [0.1, 0.15) is 16.5 Å². The minimum absolute atomic E-state index is 0.0129. The molecule has 0 radical (unpaired) electrons. The first-order chi connectivity index (χ1) is 7.30. The van der Waals surface area contributed by atoms with Gasteiger partial charge < -0.3 is 10.6 Å². The van der Waals surface area contributed by atoms with Crippen LogP contribution in [0.1, 0.15) is 5.82 Å². The predicted molar refractivity (Wildman–Crippen MR) is 61.8 cm³/mol. The Bertz CT molecular complexity index is 470. The van der Waals surface area contributed by atoms with E-state index in [1.54, 1.807) is 0 Å². The predicted octanol–water partition coefficient (Wildman–Crippen LogP) is -0.434. The molecule has 90 valence electrons. The summed E-state index contributed by atoms with van der Waals surface area (Å²) in [5.41, 5.74) is 5.57. The summed E-state index contributed by atoms with van der Waals surface area (Å²) in [4.78, 5) is 9.93. The molecular formula is C9H16N4O2S. The minimum atomic E-state index is -3.34. The van der Waals surface area contributed by atoms with Crippen molar-refractivity contribution in [2.24, 2.45) is 0 Å². The molecule has 0 bridgehead atoms. The first-order valence-corrected chi connectivity index (χ1v) is 6.66. The maximum Gasteiger partial charge on any atom is 0.180 e. The number of rotatable bonds is 4. The molecule has 16 heavy (non-hydrogen) atoms. The van der Waals surface area contributed by atoms with Gasteiger partial charge in [0.2, 0.25) is 0 Å². The SMILES string of the molecule is CN(C)CCc1ncc(S(C)(=O)=O)c(N)n1. The molecule has 0 saturated carbocycles. The number of likely N-dealkylation sites (N-methyl/N-ethyl adjacent to an activating group) is 1. The van der Waals surface area contributed by atoms with E-state index in [1.165, 1.54) is 6.20 Å². The lowest BCUT2D eigenvalue weighted by Crippen LogP contribution is -2.17. The van der Waals surface area contributed by atoms with Crippen LogP contribution in [-0.2, 0) is 16.3 Å². The summed E-state index contributed by atoms with van der Waals surface area (Å²) >= 11 is 0. The molecule has 0 aromatic carbocycles. The van der Waals surface area contributed by atoms with Crippen molar-refractivity contribution in [3.63, 3.8) is 0 Å². The molecule has 1 aromatic rings. The molecular weight excluding hydrogens is 228 g/mol. The highest BCUT2D eigenvalue weighted by Gasteiger charge is 2.13. The minimum Gasteiger partial charge on any atom is -0.383 e. The van der Waals surface area contributed by atoms with E-state index in [2.05, 4.69) is 9.97 Å². The molecule has 0 saturated heterocycles. The standard InChI is InChI=1S/C9H16N4O2S/c1-13(2)5-4-8-11-6-7(9(10)12-8)16(3,14)15/h6H,4-5H2,1-3H3,(H2,10,11,12). The highest BCUT2D eigenvalue weighted by atomic mass is 32.2. The Labute approximate surface area is 95.4 Å². The average Bonchev–Trinajstić information content (AvgIpc) is 2.12. The van der Waals surface area contributed by atoms with Crippen molar-refractivity contribution < 1.29 is 8.42 Å². The molecule has 0 aliphatic rings. The molecule has 1 aromatic heterocycles. The number of nitrogen functional groups attached to an aromatic ring is 1. The highest BCUT2D eigenvalue weighted by Crippen LogP contribution is 2.14. The zero-order valence-electron chi connectivity index (χ0n) is 9.64. The Balaban J connectivity index is 2.92. The third kappa shape index (κ3) is 3.42. The van der Waals surface area contributed by atoms with Crippen LogP contribution in [0.5, 0.6) is 0 Å². The van der Waals surface area contributed by atoms with Crippen LogP contribution >= 0.6 is 0 Å². The first-order valence-electron chi connectivity index (χ1n) is 4.77. The first kappa shape index (κ1) is 12.9. The second kappa shape index (κ2) is 4.75.